The summed E-state index contributed by atoms with van der Waals surface area (Å²) in [6, 6.07) is 20.1. The summed E-state index contributed by atoms with van der Waals surface area (Å²) in [5, 5.41) is 1.85. The van der Waals surface area contributed by atoms with E-state index >= 15 is 0 Å². The molecule has 0 saturated carbocycles. The van der Waals surface area contributed by atoms with E-state index in [4.69, 9.17) is 0 Å². The molecule has 0 saturated heterocycles. The van der Waals surface area contributed by atoms with Crippen molar-refractivity contribution in [1.29, 1.82) is 0 Å². The minimum atomic E-state index is -2.90. The third kappa shape index (κ3) is 6.18. The van der Waals surface area contributed by atoms with Crippen LogP contribution in [0.1, 0.15) is 65.7 Å². The van der Waals surface area contributed by atoms with E-state index in [1.165, 1.54) is 11.1 Å². The summed E-state index contributed by atoms with van der Waals surface area (Å²) < 4.78 is 15.8. The minimum Gasteiger partial charge on any atom is -0.308 e. The molecule has 0 fully saturated rings. The number of unbranched alkanes of at least 4 members (excludes halogenated alkanes) is 2. The van der Waals surface area contributed by atoms with E-state index in [0.29, 0.717) is 0 Å². The molecule has 0 atom stereocenters. The van der Waals surface area contributed by atoms with Gasteiger partial charge in [0.2, 0.25) is 0 Å². The summed E-state index contributed by atoms with van der Waals surface area (Å²) in [5.74, 6) is 0. The third-order valence-electron chi connectivity index (χ3n) is 5.13. The first kappa shape index (κ1) is 24.2. The largest absolute Gasteiger partial charge is 0.308 e. The number of hydrogen-bond donors (Lipinski definition) is 0. The van der Waals surface area contributed by atoms with Crippen LogP contribution in [-0.2, 0) is 4.57 Å². The Morgan fingerprint density at radius 2 is 1.38 bits per heavy atom. The van der Waals surface area contributed by atoms with Crippen LogP contribution in [0.15, 0.2) is 81.2 Å². The molecule has 2 rings (SSSR count). The molecule has 2 aromatic carbocycles. The number of hydrogen-bond acceptors (Lipinski definition) is 1. The highest BCUT2D eigenvalue weighted by Gasteiger charge is 2.33. The standard InChI is InChI=1S/C26H34IOP/c1-4-7-16-22(15-6-3)25(21-8-5-2)26(27)29(28,23-17-11-9-12-18-23)24-19-13-10-14-20-24/h9-14,16-20H,4-8,15,21H2,1-3H3/b22-16+,26-25+. The van der Waals surface area contributed by atoms with Gasteiger partial charge in [-0.3, -0.25) is 0 Å². The van der Waals surface area contributed by atoms with Crippen molar-refractivity contribution in [2.75, 3.05) is 0 Å². The van der Waals surface area contributed by atoms with E-state index < -0.39 is 7.14 Å². The van der Waals surface area contributed by atoms with Crippen molar-refractivity contribution in [3.8, 4) is 0 Å². The van der Waals surface area contributed by atoms with Crippen LogP contribution in [0.25, 0.3) is 0 Å². The molecule has 3 heteroatoms. The average Bonchev–Trinajstić information content (AvgIpc) is 2.78. The molecular formula is C26H34IOP. The van der Waals surface area contributed by atoms with E-state index in [2.05, 4.69) is 49.4 Å². The van der Waals surface area contributed by atoms with Crippen molar-refractivity contribution >= 4 is 40.3 Å². The number of halogens is 1. The molecule has 1 nitrogen and oxygen atoms in total. The Bertz CT molecular complexity index is 809. The van der Waals surface area contributed by atoms with Gasteiger partial charge in [0.1, 0.15) is 0 Å². The Morgan fingerprint density at radius 1 is 0.828 bits per heavy atom. The number of allylic oxidation sites excluding steroid dienone is 3. The Balaban J connectivity index is 2.75. The van der Waals surface area contributed by atoms with Crippen LogP contribution in [0.4, 0.5) is 0 Å². The molecule has 0 unspecified atom stereocenters. The van der Waals surface area contributed by atoms with Gasteiger partial charge in [0, 0.05) is 10.6 Å². The Labute approximate surface area is 191 Å². The van der Waals surface area contributed by atoms with Gasteiger partial charge in [0.25, 0.3) is 0 Å². The average molecular weight is 520 g/mol. The minimum absolute atomic E-state index is 0.927. The number of benzene rings is 2. The third-order valence-corrected chi connectivity index (χ3v) is 10.7. The molecule has 0 radical (unpaired) electrons. The van der Waals surface area contributed by atoms with Crippen LogP contribution in [0.3, 0.4) is 0 Å². The van der Waals surface area contributed by atoms with E-state index in [1.807, 2.05) is 60.7 Å². The SMILES string of the molecule is CCC/C=C(CCC)/C(CCCC)=C(\I)P(=O)(c1ccccc1)c1ccccc1. The molecule has 156 valence electrons. The molecule has 0 aromatic heterocycles. The smallest absolute Gasteiger partial charge is 0.177 e. The Hall–Kier alpha value is -1.12. The molecule has 0 heterocycles. The van der Waals surface area contributed by atoms with Gasteiger partial charge >= 0.3 is 0 Å². The predicted molar refractivity (Wildman–Crippen MR) is 138 cm³/mol. The summed E-state index contributed by atoms with van der Waals surface area (Å²) in [6.45, 7) is 6.69. The second-order valence-corrected chi connectivity index (χ2v) is 12.1. The van der Waals surface area contributed by atoms with Crippen LogP contribution < -0.4 is 10.6 Å². The van der Waals surface area contributed by atoms with Crippen LogP contribution >= 0.6 is 29.7 Å². The first-order chi connectivity index (χ1) is 14.1. The fraction of sp³-hybridized carbons (Fsp3) is 0.385. The molecule has 0 aliphatic rings. The fourth-order valence-corrected chi connectivity index (χ4v) is 8.41. The van der Waals surface area contributed by atoms with Gasteiger partial charge in [-0.25, -0.2) is 0 Å². The van der Waals surface area contributed by atoms with Gasteiger partial charge in [0.15, 0.2) is 7.14 Å². The second kappa shape index (κ2) is 12.5. The van der Waals surface area contributed by atoms with Crippen LogP contribution in [0, 0.1) is 0 Å². The van der Waals surface area contributed by atoms with Crippen LogP contribution in [0.5, 0.6) is 0 Å². The van der Waals surface area contributed by atoms with Gasteiger partial charge in [0.05, 0.1) is 3.32 Å². The zero-order valence-corrected chi connectivity index (χ0v) is 21.1. The quantitative estimate of drug-likeness (QED) is 0.165. The molecule has 2 aromatic rings. The lowest BCUT2D eigenvalue weighted by Crippen LogP contribution is -2.17. The lowest BCUT2D eigenvalue weighted by atomic mass is 9.97. The van der Waals surface area contributed by atoms with Gasteiger partial charge in [-0.1, -0.05) is 107 Å². The molecular weight excluding hydrogens is 486 g/mol. The second-order valence-electron chi connectivity index (χ2n) is 7.42. The van der Waals surface area contributed by atoms with Crippen molar-refractivity contribution < 1.29 is 4.57 Å². The molecule has 0 aliphatic carbocycles. The maximum atomic E-state index is 14.8. The maximum absolute atomic E-state index is 14.8. The van der Waals surface area contributed by atoms with E-state index in [-0.39, 0.29) is 0 Å². The highest BCUT2D eigenvalue weighted by Crippen LogP contribution is 2.57. The van der Waals surface area contributed by atoms with Gasteiger partial charge < -0.3 is 4.57 Å². The lowest BCUT2D eigenvalue weighted by molar-refractivity contribution is 0.591. The van der Waals surface area contributed by atoms with E-state index in [0.717, 1.165) is 58.9 Å². The Morgan fingerprint density at radius 3 is 1.83 bits per heavy atom. The fourth-order valence-electron chi connectivity index (χ4n) is 3.56. The molecule has 0 N–H and O–H groups in total. The summed E-state index contributed by atoms with van der Waals surface area (Å²) in [7, 11) is -2.90. The predicted octanol–water partition coefficient (Wildman–Crippen LogP) is 8.36. The molecule has 0 bridgehead atoms. The lowest BCUT2D eigenvalue weighted by Gasteiger charge is -2.24. The zero-order valence-electron chi connectivity index (χ0n) is 18.0. The van der Waals surface area contributed by atoms with Crippen molar-refractivity contribution in [2.24, 2.45) is 0 Å². The van der Waals surface area contributed by atoms with Crippen molar-refractivity contribution in [2.45, 2.75) is 65.7 Å². The van der Waals surface area contributed by atoms with Crippen molar-refractivity contribution in [3.63, 3.8) is 0 Å². The normalized spacial score (nSPS) is 13.3. The van der Waals surface area contributed by atoms with Gasteiger partial charge in [-0.05, 0) is 59.4 Å². The first-order valence-corrected chi connectivity index (χ1v) is 13.7. The topological polar surface area (TPSA) is 17.1 Å². The monoisotopic (exact) mass is 520 g/mol. The molecule has 0 aliphatic heterocycles. The van der Waals surface area contributed by atoms with Crippen LogP contribution in [-0.4, -0.2) is 0 Å². The highest BCUT2D eigenvalue weighted by atomic mass is 127. The summed E-state index contributed by atoms with van der Waals surface area (Å²) >= 11 is 2.41. The summed E-state index contributed by atoms with van der Waals surface area (Å²) in [5.41, 5.74) is 2.72. The van der Waals surface area contributed by atoms with Gasteiger partial charge in [-0.15, -0.1) is 0 Å². The molecule has 0 spiro atoms. The highest BCUT2D eigenvalue weighted by molar-refractivity contribution is 14.1. The zero-order chi connectivity index (χ0) is 21.1. The van der Waals surface area contributed by atoms with Gasteiger partial charge in [-0.2, -0.15) is 0 Å². The summed E-state index contributed by atoms with van der Waals surface area (Å²) in [4.78, 5) is 0. The van der Waals surface area contributed by atoms with Crippen molar-refractivity contribution in [1.82, 2.24) is 0 Å². The van der Waals surface area contributed by atoms with E-state index in [1.54, 1.807) is 0 Å². The maximum Gasteiger partial charge on any atom is 0.177 e. The van der Waals surface area contributed by atoms with E-state index in [9.17, 15) is 4.57 Å². The van der Waals surface area contributed by atoms with Crippen molar-refractivity contribution in [3.05, 3.63) is 81.2 Å². The first-order valence-electron chi connectivity index (χ1n) is 10.9. The molecule has 29 heavy (non-hydrogen) atoms. The van der Waals surface area contributed by atoms with Crippen LogP contribution in [0.2, 0.25) is 0 Å². The number of rotatable bonds is 11. The molecule has 0 amide bonds. The Kier molecular flexibility index (Phi) is 10.4. The summed E-state index contributed by atoms with van der Waals surface area (Å²) in [6.07, 6.45) is 10.0.